The van der Waals surface area contributed by atoms with Gasteiger partial charge in [-0.25, -0.2) is 19.2 Å². The van der Waals surface area contributed by atoms with Crippen LogP contribution in [0.25, 0.3) is 0 Å². The highest BCUT2D eigenvalue weighted by Gasteiger charge is 2.20. The quantitative estimate of drug-likeness (QED) is 0.450. The first kappa shape index (κ1) is 18.8. The van der Waals surface area contributed by atoms with Crippen LogP contribution in [0.3, 0.4) is 0 Å². The third-order valence-corrected chi connectivity index (χ3v) is 2.71. The number of aliphatic hydroxyl groups excluding tert-OH is 1. The molecule has 1 unspecified atom stereocenters. The lowest BCUT2D eigenvalue weighted by Crippen LogP contribution is -2.25. The van der Waals surface area contributed by atoms with Gasteiger partial charge in [0.05, 0.1) is 16.7 Å². The van der Waals surface area contributed by atoms with Crippen LogP contribution in [-0.2, 0) is 14.3 Å². The molecule has 1 rings (SSSR count). The molecule has 0 heterocycles. The summed E-state index contributed by atoms with van der Waals surface area (Å²) in [7, 11) is 0. The predicted molar refractivity (Wildman–Crippen MR) is 77.8 cm³/mol. The van der Waals surface area contributed by atoms with Gasteiger partial charge in [-0.15, -0.1) is 0 Å². The molecule has 24 heavy (non-hydrogen) atoms. The molecule has 0 aliphatic carbocycles. The fourth-order valence-electron chi connectivity index (χ4n) is 1.58. The Hall–Kier alpha value is -3.20. The number of rotatable bonds is 8. The summed E-state index contributed by atoms with van der Waals surface area (Å²) in [6, 6.07) is 2.91. The summed E-state index contributed by atoms with van der Waals surface area (Å²) in [4.78, 5) is 44.5. The van der Waals surface area contributed by atoms with Gasteiger partial charge in [-0.3, -0.25) is 0 Å². The van der Waals surface area contributed by atoms with Gasteiger partial charge < -0.3 is 24.8 Å². The Morgan fingerprint density at radius 2 is 1.62 bits per heavy atom. The third kappa shape index (κ3) is 5.21. The Bertz CT molecular complexity index is 678. The number of esters is 2. The van der Waals surface area contributed by atoms with Crippen molar-refractivity contribution in [3.05, 3.63) is 47.5 Å². The van der Waals surface area contributed by atoms with E-state index >= 15 is 0 Å². The lowest BCUT2D eigenvalue weighted by molar-refractivity contribution is -0.141. The first-order chi connectivity index (χ1) is 11.3. The number of benzene rings is 1. The Kier molecular flexibility index (Phi) is 6.63. The summed E-state index contributed by atoms with van der Waals surface area (Å²) in [6.07, 6.45) is -0.383. The van der Waals surface area contributed by atoms with Crippen LogP contribution in [0.4, 0.5) is 0 Å². The second-order valence-electron chi connectivity index (χ2n) is 4.46. The molecular weight excluding hydrogens is 324 g/mol. The number of carbonyl (C=O) groups is 4. The number of carboxylic acid groups (broad SMARTS) is 2. The maximum Gasteiger partial charge on any atom is 0.338 e. The number of hydrogen-bond acceptors (Lipinski definition) is 7. The maximum atomic E-state index is 11.8. The van der Waals surface area contributed by atoms with E-state index in [0.29, 0.717) is 0 Å². The Morgan fingerprint density at radius 3 is 2.17 bits per heavy atom. The molecule has 9 heteroatoms. The highest BCUT2D eigenvalue weighted by atomic mass is 16.6. The number of carbonyl (C=O) groups excluding carboxylic acids is 2. The largest absolute Gasteiger partial charge is 0.478 e. The van der Waals surface area contributed by atoms with E-state index in [-0.39, 0.29) is 5.56 Å². The SMILES string of the molecule is C=CC(=O)OCC(O)COC(=O)c1ccc(C(=O)O)c(C(=O)O)c1. The average Bonchev–Trinajstić information content (AvgIpc) is 2.56. The van der Waals surface area contributed by atoms with E-state index in [4.69, 9.17) is 14.9 Å². The van der Waals surface area contributed by atoms with Gasteiger partial charge in [0.25, 0.3) is 0 Å². The minimum atomic E-state index is -1.52. The van der Waals surface area contributed by atoms with Crippen LogP contribution in [0.2, 0.25) is 0 Å². The van der Waals surface area contributed by atoms with Crippen molar-refractivity contribution < 1.29 is 44.0 Å². The van der Waals surface area contributed by atoms with Crippen molar-refractivity contribution in [3.8, 4) is 0 Å². The molecule has 0 spiro atoms. The molecule has 1 atom stereocenters. The first-order valence-corrected chi connectivity index (χ1v) is 6.51. The minimum Gasteiger partial charge on any atom is -0.478 e. The second kappa shape index (κ2) is 8.44. The Morgan fingerprint density at radius 1 is 1.04 bits per heavy atom. The molecule has 128 valence electrons. The summed E-state index contributed by atoms with van der Waals surface area (Å²) in [5, 5.41) is 27.3. The zero-order chi connectivity index (χ0) is 18.3. The lowest BCUT2D eigenvalue weighted by Gasteiger charge is -2.11. The van der Waals surface area contributed by atoms with E-state index in [0.717, 1.165) is 24.3 Å². The van der Waals surface area contributed by atoms with Gasteiger partial charge in [0.2, 0.25) is 0 Å². The molecule has 1 aromatic rings. The summed E-state index contributed by atoms with van der Waals surface area (Å²) in [6.45, 7) is 2.24. The topological polar surface area (TPSA) is 147 Å². The third-order valence-electron chi connectivity index (χ3n) is 2.71. The molecule has 0 aromatic heterocycles. The number of hydrogen-bond donors (Lipinski definition) is 3. The van der Waals surface area contributed by atoms with Gasteiger partial charge in [-0.05, 0) is 18.2 Å². The van der Waals surface area contributed by atoms with Crippen LogP contribution in [0, 0.1) is 0 Å². The van der Waals surface area contributed by atoms with Crippen molar-refractivity contribution in [3.63, 3.8) is 0 Å². The fraction of sp³-hybridized carbons (Fsp3) is 0.200. The van der Waals surface area contributed by atoms with Crippen LogP contribution in [0.5, 0.6) is 0 Å². The predicted octanol–water partition coefficient (Wildman–Crippen LogP) is 0.330. The second-order valence-corrected chi connectivity index (χ2v) is 4.46. The normalized spacial score (nSPS) is 11.2. The average molecular weight is 338 g/mol. The number of aliphatic hydroxyl groups is 1. The van der Waals surface area contributed by atoms with E-state index in [1.165, 1.54) is 0 Å². The van der Waals surface area contributed by atoms with Gasteiger partial charge in [0.15, 0.2) is 0 Å². The molecular formula is C15H14O9. The van der Waals surface area contributed by atoms with Crippen LogP contribution < -0.4 is 0 Å². The molecule has 0 fully saturated rings. The number of carboxylic acids is 2. The number of ether oxygens (including phenoxy) is 2. The molecule has 1 aromatic carbocycles. The molecule has 0 bridgehead atoms. The smallest absolute Gasteiger partial charge is 0.338 e. The van der Waals surface area contributed by atoms with Crippen LogP contribution in [0.1, 0.15) is 31.1 Å². The van der Waals surface area contributed by atoms with E-state index in [1.807, 2.05) is 0 Å². The highest BCUT2D eigenvalue weighted by Crippen LogP contribution is 2.14. The first-order valence-electron chi connectivity index (χ1n) is 6.51. The van der Waals surface area contributed by atoms with Gasteiger partial charge in [0.1, 0.15) is 19.3 Å². The van der Waals surface area contributed by atoms with Crippen molar-refractivity contribution in [1.29, 1.82) is 0 Å². The zero-order valence-electron chi connectivity index (χ0n) is 12.3. The van der Waals surface area contributed by atoms with Gasteiger partial charge in [0, 0.05) is 6.08 Å². The summed E-state index contributed by atoms with van der Waals surface area (Å²) in [5.74, 6) is -4.69. The molecule has 0 aliphatic rings. The molecule has 0 amide bonds. The molecule has 0 aliphatic heterocycles. The lowest BCUT2D eigenvalue weighted by atomic mass is 10.0. The van der Waals surface area contributed by atoms with Crippen LogP contribution >= 0.6 is 0 Å². The van der Waals surface area contributed by atoms with Crippen molar-refractivity contribution in [1.82, 2.24) is 0 Å². The maximum absolute atomic E-state index is 11.8. The molecule has 0 saturated carbocycles. The van der Waals surface area contributed by atoms with Crippen LogP contribution in [-0.4, -0.2) is 58.5 Å². The van der Waals surface area contributed by atoms with Crippen LogP contribution in [0.15, 0.2) is 30.9 Å². The minimum absolute atomic E-state index is 0.201. The fourth-order valence-corrected chi connectivity index (χ4v) is 1.58. The van der Waals surface area contributed by atoms with E-state index < -0.39 is 54.3 Å². The van der Waals surface area contributed by atoms with Crippen molar-refractivity contribution in [2.24, 2.45) is 0 Å². The van der Waals surface area contributed by atoms with Crippen molar-refractivity contribution >= 4 is 23.9 Å². The van der Waals surface area contributed by atoms with E-state index in [1.54, 1.807) is 0 Å². The summed E-state index contributed by atoms with van der Waals surface area (Å²) >= 11 is 0. The molecule has 3 N–H and O–H groups in total. The van der Waals surface area contributed by atoms with E-state index in [2.05, 4.69) is 11.3 Å². The zero-order valence-corrected chi connectivity index (χ0v) is 12.3. The van der Waals surface area contributed by atoms with Crippen molar-refractivity contribution in [2.45, 2.75) is 6.10 Å². The molecule has 0 radical (unpaired) electrons. The van der Waals surface area contributed by atoms with Gasteiger partial charge in [-0.1, -0.05) is 6.58 Å². The summed E-state index contributed by atoms with van der Waals surface area (Å²) < 4.78 is 9.29. The molecule has 9 nitrogen and oxygen atoms in total. The van der Waals surface area contributed by atoms with Gasteiger partial charge in [-0.2, -0.15) is 0 Å². The van der Waals surface area contributed by atoms with Gasteiger partial charge >= 0.3 is 23.9 Å². The summed E-state index contributed by atoms with van der Waals surface area (Å²) in [5.41, 5.74) is -1.25. The highest BCUT2D eigenvalue weighted by molar-refractivity contribution is 6.03. The Balaban J connectivity index is 2.73. The standard InChI is InChI=1S/C15H14O9/c1-2-12(17)23-6-9(16)7-24-15(22)8-3-4-10(13(18)19)11(5-8)14(20)21/h2-5,9,16H,1,6-7H2,(H,18,19)(H,20,21). The molecule has 0 saturated heterocycles. The Labute approximate surface area is 135 Å². The van der Waals surface area contributed by atoms with E-state index in [9.17, 15) is 24.3 Å². The number of aromatic carboxylic acids is 2. The van der Waals surface area contributed by atoms with Crippen molar-refractivity contribution in [2.75, 3.05) is 13.2 Å². The monoisotopic (exact) mass is 338 g/mol.